The van der Waals surface area contributed by atoms with Crippen LogP contribution < -0.4 is 4.72 Å². The van der Waals surface area contributed by atoms with Crippen molar-refractivity contribution in [2.45, 2.75) is 0 Å². The zero-order valence-corrected chi connectivity index (χ0v) is 8.64. The number of rotatable bonds is 4. The first-order valence-corrected chi connectivity index (χ1v) is 5.29. The van der Waals surface area contributed by atoms with Gasteiger partial charge in [-0.15, -0.1) is 11.6 Å². The third kappa shape index (κ3) is 3.18. The van der Waals surface area contributed by atoms with Gasteiger partial charge in [0.1, 0.15) is 0 Å². The number of allylic oxidation sites excluding steroid dienone is 1. The number of hydrogen-bond donors (Lipinski definition) is 1. The molecule has 12 heavy (non-hydrogen) atoms. The van der Waals surface area contributed by atoms with E-state index in [1.54, 1.807) is 0 Å². The van der Waals surface area contributed by atoms with E-state index in [-0.39, 0.29) is 17.3 Å². The lowest BCUT2D eigenvalue weighted by molar-refractivity contribution is -0.108. The molecule has 0 saturated heterocycles. The molecule has 0 heterocycles. The highest BCUT2D eigenvalue weighted by atomic mass is 35.5. The SMILES string of the molecule is O=CNS(=O)(=O)C(Cl)=C(Cl)CCl. The topological polar surface area (TPSA) is 63.2 Å². The number of carbonyl (C=O) groups excluding carboxylic acids is 1. The van der Waals surface area contributed by atoms with E-state index in [0.29, 0.717) is 0 Å². The van der Waals surface area contributed by atoms with Gasteiger partial charge in [0.05, 0.1) is 10.9 Å². The van der Waals surface area contributed by atoms with Gasteiger partial charge in [0.15, 0.2) is 4.36 Å². The Labute approximate surface area is 84.5 Å². The van der Waals surface area contributed by atoms with E-state index < -0.39 is 14.4 Å². The first-order valence-electron chi connectivity index (χ1n) is 2.51. The van der Waals surface area contributed by atoms with Crippen molar-refractivity contribution in [2.75, 3.05) is 5.88 Å². The number of alkyl halides is 1. The Morgan fingerprint density at radius 3 is 2.25 bits per heavy atom. The maximum atomic E-state index is 10.9. The molecule has 1 N–H and O–H groups in total. The molecule has 0 atom stereocenters. The summed E-state index contributed by atoms with van der Waals surface area (Å²) in [7, 11) is -4.01. The van der Waals surface area contributed by atoms with E-state index >= 15 is 0 Å². The van der Waals surface area contributed by atoms with Crippen molar-refractivity contribution in [2.24, 2.45) is 0 Å². The first kappa shape index (κ1) is 12.0. The van der Waals surface area contributed by atoms with E-state index in [1.165, 1.54) is 4.72 Å². The van der Waals surface area contributed by atoms with Gasteiger partial charge in [-0.1, -0.05) is 23.2 Å². The van der Waals surface area contributed by atoms with Gasteiger partial charge in [-0.2, -0.15) is 0 Å². The molecule has 0 aliphatic heterocycles. The molecule has 0 aliphatic rings. The van der Waals surface area contributed by atoms with Crippen molar-refractivity contribution in [1.29, 1.82) is 0 Å². The van der Waals surface area contributed by atoms with Gasteiger partial charge in [0.2, 0.25) is 6.41 Å². The average molecular weight is 253 g/mol. The van der Waals surface area contributed by atoms with Crippen molar-refractivity contribution in [3.05, 3.63) is 9.40 Å². The quantitative estimate of drug-likeness (QED) is 0.598. The fourth-order valence-electron chi connectivity index (χ4n) is 0.313. The van der Waals surface area contributed by atoms with Crippen LogP contribution in [0.4, 0.5) is 0 Å². The highest BCUT2D eigenvalue weighted by Gasteiger charge is 2.17. The zero-order chi connectivity index (χ0) is 9.78. The standard InChI is InChI=1S/C4H4Cl3NO3S/c5-1-3(6)4(7)12(10,11)8-2-9/h2H,1H2,(H,8,9). The Kier molecular flexibility index (Phi) is 4.92. The summed E-state index contributed by atoms with van der Waals surface area (Å²) in [4.78, 5) is 9.79. The Morgan fingerprint density at radius 1 is 1.42 bits per heavy atom. The summed E-state index contributed by atoms with van der Waals surface area (Å²) in [6, 6.07) is 0. The molecular formula is C4H4Cl3NO3S. The predicted molar refractivity (Wildman–Crippen MR) is 47.6 cm³/mol. The number of halogens is 3. The molecule has 0 aliphatic carbocycles. The van der Waals surface area contributed by atoms with Crippen LogP contribution in [0, 0.1) is 0 Å². The van der Waals surface area contributed by atoms with E-state index in [2.05, 4.69) is 0 Å². The molecule has 0 spiro atoms. The predicted octanol–water partition coefficient (Wildman–Crippen LogP) is 0.948. The largest absolute Gasteiger partial charge is 0.278 e. The molecule has 0 unspecified atom stereocenters. The third-order valence-electron chi connectivity index (χ3n) is 0.770. The van der Waals surface area contributed by atoms with Crippen molar-refractivity contribution >= 4 is 51.2 Å². The van der Waals surface area contributed by atoms with E-state index in [9.17, 15) is 13.2 Å². The summed E-state index contributed by atoms with van der Waals surface area (Å²) in [5.41, 5.74) is 0. The molecule has 0 rings (SSSR count). The van der Waals surface area contributed by atoms with Crippen LogP contribution in [0.2, 0.25) is 0 Å². The van der Waals surface area contributed by atoms with Gasteiger partial charge in [0.25, 0.3) is 10.0 Å². The normalized spacial score (nSPS) is 13.6. The lowest BCUT2D eigenvalue weighted by Gasteiger charge is -2.00. The van der Waals surface area contributed by atoms with Crippen molar-refractivity contribution in [3.8, 4) is 0 Å². The molecule has 0 aromatic rings. The summed E-state index contributed by atoms with van der Waals surface area (Å²) < 4.78 is 22.5. The summed E-state index contributed by atoms with van der Waals surface area (Å²) >= 11 is 15.8. The number of hydrogen-bond acceptors (Lipinski definition) is 3. The maximum absolute atomic E-state index is 10.9. The second-order valence-corrected chi connectivity index (χ2v) is 4.53. The third-order valence-corrected chi connectivity index (χ3v) is 3.67. The Bertz CT molecular complexity index is 297. The van der Waals surface area contributed by atoms with Crippen LogP contribution in [-0.2, 0) is 14.8 Å². The van der Waals surface area contributed by atoms with Crippen LogP contribution >= 0.6 is 34.8 Å². The van der Waals surface area contributed by atoms with Gasteiger partial charge in [-0.3, -0.25) is 9.52 Å². The Balaban J connectivity index is 4.92. The maximum Gasteiger partial charge on any atom is 0.275 e. The monoisotopic (exact) mass is 251 g/mol. The van der Waals surface area contributed by atoms with Crippen LogP contribution in [0.25, 0.3) is 0 Å². The minimum absolute atomic E-state index is 0.0177. The minimum atomic E-state index is -4.01. The van der Waals surface area contributed by atoms with Crippen molar-refractivity contribution in [3.63, 3.8) is 0 Å². The molecule has 4 nitrogen and oxygen atoms in total. The zero-order valence-electron chi connectivity index (χ0n) is 5.55. The number of sulfonamides is 1. The molecule has 0 aromatic carbocycles. The van der Waals surface area contributed by atoms with E-state index in [1.807, 2.05) is 0 Å². The summed E-state index contributed by atoms with van der Waals surface area (Å²) in [6.45, 7) is 0. The molecule has 0 aromatic heterocycles. The molecule has 8 heteroatoms. The summed E-state index contributed by atoms with van der Waals surface area (Å²) in [6.07, 6.45) is -0.0177. The van der Waals surface area contributed by atoms with Crippen LogP contribution in [-0.4, -0.2) is 20.7 Å². The molecule has 0 radical (unpaired) electrons. The van der Waals surface area contributed by atoms with E-state index in [0.717, 1.165) is 0 Å². The van der Waals surface area contributed by atoms with Gasteiger partial charge < -0.3 is 0 Å². The number of nitrogens with one attached hydrogen (secondary N) is 1. The number of amides is 1. The lowest BCUT2D eigenvalue weighted by atomic mass is 10.7. The lowest BCUT2D eigenvalue weighted by Crippen LogP contribution is -2.22. The number of carbonyl (C=O) groups is 1. The van der Waals surface area contributed by atoms with Crippen LogP contribution in [0.15, 0.2) is 9.40 Å². The Morgan fingerprint density at radius 2 is 1.92 bits per heavy atom. The van der Waals surface area contributed by atoms with Crippen LogP contribution in [0.5, 0.6) is 0 Å². The Hall–Kier alpha value is 0.0300. The first-order chi connectivity index (χ1) is 5.45. The average Bonchev–Trinajstić information content (AvgIpc) is 2.01. The highest BCUT2D eigenvalue weighted by molar-refractivity contribution is 7.95. The van der Waals surface area contributed by atoms with Crippen molar-refractivity contribution in [1.82, 2.24) is 4.72 Å². The molecule has 1 amide bonds. The van der Waals surface area contributed by atoms with E-state index in [4.69, 9.17) is 34.8 Å². The minimum Gasteiger partial charge on any atom is -0.278 e. The van der Waals surface area contributed by atoms with Gasteiger partial charge in [0, 0.05) is 0 Å². The van der Waals surface area contributed by atoms with Gasteiger partial charge >= 0.3 is 0 Å². The smallest absolute Gasteiger partial charge is 0.275 e. The summed E-state index contributed by atoms with van der Waals surface area (Å²) in [5.74, 6) is -0.236. The second kappa shape index (κ2) is 4.91. The fraction of sp³-hybridized carbons (Fsp3) is 0.250. The van der Waals surface area contributed by atoms with Crippen LogP contribution in [0.1, 0.15) is 0 Å². The molecule has 0 bridgehead atoms. The van der Waals surface area contributed by atoms with Gasteiger partial charge in [-0.05, 0) is 0 Å². The molecular weight excluding hydrogens is 248 g/mol. The molecule has 0 fully saturated rings. The summed E-state index contributed by atoms with van der Waals surface area (Å²) in [5, 5.41) is -0.243. The van der Waals surface area contributed by atoms with Crippen molar-refractivity contribution < 1.29 is 13.2 Å². The van der Waals surface area contributed by atoms with Gasteiger partial charge in [-0.25, -0.2) is 8.42 Å². The second-order valence-electron chi connectivity index (χ2n) is 1.55. The molecule has 0 saturated carbocycles. The fourth-order valence-corrected chi connectivity index (χ4v) is 1.69. The highest BCUT2D eigenvalue weighted by Crippen LogP contribution is 2.19. The van der Waals surface area contributed by atoms with Crippen LogP contribution in [0.3, 0.4) is 0 Å². The molecule has 70 valence electrons.